The molecule has 0 radical (unpaired) electrons. The van der Waals surface area contributed by atoms with E-state index in [1.165, 1.54) is 6.20 Å². The molecular weight excluding hydrogens is 278 g/mol. The van der Waals surface area contributed by atoms with Gasteiger partial charge >= 0.3 is 0 Å². The van der Waals surface area contributed by atoms with E-state index < -0.39 is 0 Å². The van der Waals surface area contributed by atoms with Crippen LogP contribution < -0.4 is 9.47 Å². The summed E-state index contributed by atoms with van der Waals surface area (Å²) < 4.78 is 10.3. The number of nitrogens with zero attached hydrogens (tertiary/aromatic N) is 1. The third-order valence-electron chi connectivity index (χ3n) is 2.88. The molecule has 104 valence electrons. The fourth-order valence-corrected chi connectivity index (χ4v) is 1.98. The molecule has 2 aromatic rings. The number of pyridine rings is 1. The molecule has 0 unspecified atom stereocenters. The summed E-state index contributed by atoms with van der Waals surface area (Å²) in [4.78, 5) is 16.2. The summed E-state index contributed by atoms with van der Waals surface area (Å²) in [6.07, 6.45) is 3.34. The number of Topliss-reactive ketones (excluding diaryl/α,β-unsaturated/α-hetero) is 1. The number of carbonyl (C=O) groups excluding carboxylic acids is 1. The van der Waals surface area contributed by atoms with Crippen LogP contribution in [0.2, 0.25) is 5.02 Å². The lowest BCUT2D eigenvalue weighted by molar-refractivity contribution is 0.0992. The van der Waals surface area contributed by atoms with Crippen LogP contribution in [-0.4, -0.2) is 25.0 Å². The topological polar surface area (TPSA) is 48.4 Å². The highest BCUT2D eigenvalue weighted by molar-refractivity contribution is 6.31. The first-order valence-electron chi connectivity index (χ1n) is 5.98. The molecule has 4 nitrogen and oxygen atoms in total. The molecule has 0 fully saturated rings. The van der Waals surface area contributed by atoms with Gasteiger partial charge < -0.3 is 9.47 Å². The van der Waals surface area contributed by atoms with Gasteiger partial charge in [-0.25, -0.2) is 0 Å². The summed E-state index contributed by atoms with van der Waals surface area (Å²) in [5.41, 5.74) is 1.27. The summed E-state index contributed by atoms with van der Waals surface area (Å²) in [6.45, 7) is 0. The molecule has 0 spiro atoms. The van der Waals surface area contributed by atoms with Gasteiger partial charge in [-0.3, -0.25) is 9.78 Å². The van der Waals surface area contributed by atoms with Crippen LogP contribution in [0.15, 0.2) is 36.7 Å². The Hall–Kier alpha value is -2.07. The van der Waals surface area contributed by atoms with Crippen molar-refractivity contribution in [3.8, 4) is 11.5 Å². The zero-order chi connectivity index (χ0) is 14.5. The molecule has 0 bridgehead atoms. The van der Waals surface area contributed by atoms with Crippen LogP contribution >= 0.6 is 11.6 Å². The number of aromatic nitrogens is 1. The molecule has 5 heteroatoms. The second-order valence-corrected chi connectivity index (χ2v) is 4.58. The zero-order valence-corrected chi connectivity index (χ0v) is 12.0. The van der Waals surface area contributed by atoms with E-state index in [0.717, 1.165) is 5.56 Å². The molecule has 0 saturated heterocycles. The number of ether oxygens (including phenoxy) is 2. The number of hydrogen-bond donors (Lipinski definition) is 0. The monoisotopic (exact) mass is 291 g/mol. The van der Waals surface area contributed by atoms with Gasteiger partial charge in [-0.15, -0.1) is 0 Å². The summed E-state index contributed by atoms with van der Waals surface area (Å²) in [7, 11) is 3.09. The molecule has 2 rings (SSSR count). The fraction of sp³-hybridized carbons (Fsp3) is 0.200. The molecule has 0 aliphatic carbocycles. The minimum Gasteiger partial charge on any atom is -0.497 e. The Morgan fingerprint density at radius 2 is 1.85 bits per heavy atom. The van der Waals surface area contributed by atoms with E-state index in [2.05, 4.69) is 4.98 Å². The number of ketones is 1. The van der Waals surface area contributed by atoms with Crippen LogP contribution in [0.5, 0.6) is 11.5 Å². The molecule has 0 saturated carbocycles. The van der Waals surface area contributed by atoms with Crippen molar-refractivity contribution in [3.05, 3.63) is 52.8 Å². The first kappa shape index (κ1) is 14.3. The van der Waals surface area contributed by atoms with Crippen molar-refractivity contribution >= 4 is 17.4 Å². The predicted octanol–water partition coefficient (Wildman–Crippen LogP) is 3.18. The van der Waals surface area contributed by atoms with Gasteiger partial charge in [-0.1, -0.05) is 11.6 Å². The van der Waals surface area contributed by atoms with Gasteiger partial charge in [-0.05, 0) is 23.8 Å². The highest BCUT2D eigenvalue weighted by atomic mass is 35.5. The van der Waals surface area contributed by atoms with Crippen molar-refractivity contribution in [2.24, 2.45) is 0 Å². The Balaban J connectivity index is 2.27. The smallest absolute Gasteiger partial charge is 0.167 e. The van der Waals surface area contributed by atoms with Crippen LogP contribution in [0.4, 0.5) is 0 Å². The Labute approximate surface area is 122 Å². The lowest BCUT2D eigenvalue weighted by Gasteiger charge is -2.08. The lowest BCUT2D eigenvalue weighted by atomic mass is 10.0. The van der Waals surface area contributed by atoms with Gasteiger partial charge in [0.25, 0.3) is 0 Å². The number of methoxy groups -OCH3 is 2. The maximum absolute atomic E-state index is 12.3. The minimum atomic E-state index is -0.0599. The van der Waals surface area contributed by atoms with Crippen LogP contribution in [0.25, 0.3) is 0 Å². The van der Waals surface area contributed by atoms with Gasteiger partial charge in [0.1, 0.15) is 11.5 Å². The number of halogens is 1. The summed E-state index contributed by atoms with van der Waals surface area (Å²) in [5.74, 6) is 1.09. The second kappa shape index (κ2) is 6.39. The molecular formula is C15H14ClNO3. The van der Waals surface area contributed by atoms with Crippen molar-refractivity contribution in [1.82, 2.24) is 4.98 Å². The maximum atomic E-state index is 12.3. The number of hydrogen-bond acceptors (Lipinski definition) is 4. The quantitative estimate of drug-likeness (QED) is 0.794. The third-order valence-corrected chi connectivity index (χ3v) is 3.22. The normalized spacial score (nSPS) is 10.2. The molecule has 1 aromatic heterocycles. The maximum Gasteiger partial charge on any atom is 0.167 e. The Kier molecular flexibility index (Phi) is 4.58. The molecule has 1 heterocycles. The first-order valence-corrected chi connectivity index (χ1v) is 6.36. The number of benzene rings is 1. The van der Waals surface area contributed by atoms with Gasteiger partial charge in [0, 0.05) is 30.4 Å². The van der Waals surface area contributed by atoms with E-state index in [9.17, 15) is 4.79 Å². The molecule has 0 amide bonds. The van der Waals surface area contributed by atoms with Crippen LogP contribution in [0.3, 0.4) is 0 Å². The van der Waals surface area contributed by atoms with Gasteiger partial charge in [-0.2, -0.15) is 0 Å². The van der Waals surface area contributed by atoms with Crippen molar-refractivity contribution in [2.75, 3.05) is 14.2 Å². The van der Waals surface area contributed by atoms with E-state index in [1.54, 1.807) is 44.7 Å². The highest BCUT2D eigenvalue weighted by Gasteiger charge is 2.12. The largest absolute Gasteiger partial charge is 0.497 e. The average molecular weight is 292 g/mol. The van der Waals surface area contributed by atoms with Gasteiger partial charge in [0.15, 0.2) is 5.78 Å². The zero-order valence-electron chi connectivity index (χ0n) is 11.2. The van der Waals surface area contributed by atoms with Crippen LogP contribution in [0.1, 0.15) is 15.9 Å². The van der Waals surface area contributed by atoms with Gasteiger partial charge in [0.2, 0.25) is 0 Å². The van der Waals surface area contributed by atoms with E-state index in [0.29, 0.717) is 22.1 Å². The second-order valence-electron chi connectivity index (χ2n) is 4.17. The Bertz CT molecular complexity index is 606. The molecule has 0 N–H and O–H groups in total. The standard InChI is InChI=1S/C15H14ClNO3/c1-19-12-5-11(6-13(8-12)20-2)15(18)7-10-3-4-17-9-14(10)16/h3-6,8-9H,7H2,1-2H3. The Morgan fingerprint density at radius 1 is 1.20 bits per heavy atom. The van der Waals surface area contributed by atoms with Crippen molar-refractivity contribution in [2.45, 2.75) is 6.42 Å². The molecule has 20 heavy (non-hydrogen) atoms. The molecule has 0 atom stereocenters. The van der Waals surface area contributed by atoms with E-state index in [4.69, 9.17) is 21.1 Å². The molecule has 0 aliphatic rings. The Morgan fingerprint density at radius 3 is 2.40 bits per heavy atom. The van der Waals surface area contributed by atoms with Gasteiger partial charge in [0.05, 0.1) is 19.2 Å². The van der Waals surface area contributed by atoms with Crippen molar-refractivity contribution < 1.29 is 14.3 Å². The summed E-state index contributed by atoms with van der Waals surface area (Å²) in [5, 5.41) is 0.482. The fourth-order valence-electron chi connectivity index (χ4n) is 1.79. The summed E-state index contributed by atoms with van der Waals surface area (Å²) >= 11 is 6.01. The third kappa shape index (κ3) is 3.27. The predicted molar refractivity (Wildman–Crippen MR) is 76.8 cm³/mol. The number of carbonyl (C=O) groups is 1. The molecule has 0 aliphatic heterocycles. The summed E-state index contributed by atoms with van der Waals surface area (Å²) in [6, 6.07) is 6.81. The number of rotatable bonds is 5. The molecule has 1 aromatic carbocycles. The van der Waals surface area contributed by atoms with E-state index in [-0.39, 0.29) is 12.2 Å². The van der Waals surface area contributed by atoms with E-state index in [1.807, 2.05) is 0 Å². The van der Waals surface area contributed by atoms with Crippen molar-refractivity contribution in [1.29, 1.82) is 0 Å². The minimum absolute atomic E-state index is 0.0599. The average Bonchev–Trinajstić information content (AvgIpc) is 2.48. The van der Waals surface area contributed by atoms with Crippen molar-refractivity contribution in [3.63, 3.8) is 0 Å². The highest BCUT2D eigenvalue weighted by Crippen LogP contribution is 2.24. The van der Waals surface area contributed by atoms with Crippen LogP contribution in [0, 0.1) is 0 Å². The lowest BCUT2D eigenvalue weighted by Crippen LogP contribution is -2.05. The SMILES string of the molecule is COc1cc(OC)cc(C(=O)Cc2ccncc2Cl)c1. The first-order chi connectivity index (χ1) is 9.63. The van der Waals surface area contributed by atoms with E-state index >= 15 is 0 Å². The van der Waals surface area contributed by atoms with Crippen LogP contribution in [-0.2, 0) is 6.42 Å².